The molecule has 1 aliphatic heterocycles. The number of sulfonamides is 2. The van der Waals surface area contributed by atoms with Gasteiger partial charge in [0, 0.05) is 31.2 Å². The van der Waals surface area contributed by atoms with Crippen LogP contribution in [-0.2, 0) is 24.8 Å². The number of benzene rings is 2. The van der Waals surface area contributed by atoms with Crippen molar-refractivity contribution in [3.05, 3.63) is 59.4 Å². The minimum absolute atomic E-state index is 0.0590. The number of halogens is 2. The van der Waals surface area contributed by atoms with E-state index in [1.165, 1.54) is 52.5 Å². The number of hydrogen-bond donors (Lipinski definition) is 1. The standard InChI is InChI=1S/C19H21ClFN3O5S2/c1-14(22-30(26,27)18-5-3-2-4-17(18)21)19(25)23-10-12-24(13-11-23)31(28,29)16-8-6-15(20)7-9-16/h2-9,14,22H,10-13H2,1H3/t14-/m0/s1. The third kappa shape index (κ3) is 5.24. The summed E-state index contributed by atoms with van der Waals surface area (Å²) in [6, 6.07) is 9.50. The molecular weight excluding hydrogens is 469 g/mol. The van der Waals surface area contributed by atoms with Crippen molar-refractivity contribution in [2.24, 2.45) is 0 Å². The van der Waals surface area contributed by atoms with E-state index >= 15 is 0 Å². The average molecular weight is 490 g/mol. The molecule has 0 aliphatic carbocycles. The van der Waals surface area contributed by atoms with Crippen molar-refractivity contribution >= 4 is 37.6 Å². The summed E-state index contributed by atoms with van der Waals surface area (Å²) in [4.78, 5) is 13.6. The molecule has 1 saturated heterocycles. The number of hydrogen-bond acceptors (Lipinski definition) is 5. The van der Waals surface area contributed by atoms with Crippen LogP contribution in [-0.4, -0.2) is 64.2 Å². The fraction of sp³-hybridized carbons (Fsp3) is 0.316. The van der Waals surface area contributed by atoms with Crippen molar-refractivity contribution in [3.8, 4) is 0 Å². The summed E-state index contributed by atoms with van der Waals surface area (Å²) in [5.74, 6) is -1.45. The average Bonchev–Trinajstić information content (AvgIpc) is 2.73. The second kappa shape index (κ2) is 9.21. The first-order valence-corrected chi connectivity index (χ1v) is 12.6. The lowest BCUT2D eigenvalue weighted by atomic mass is 10.2. The zero-order chi connectivity index (χ0) is 22.8. The van der Waals surface area contributed by atoms with Crippen LogP contribution in [0.3, 0.4) is 0 Å². The first kappa shape index (κ1) is 23.6. The van der Waals surface area contributed by atoms with Crippen molar-refractivity contribution in [2.75, 3.05) is 26.2 Å². The first-order valence-electron chi connectivity index (χ1n) is 9.34. The van der Waals surface area contributed by atoms with Gasteiger partial charge in [-0.2, -0.15) is 9.03 Å². The molecule has 0 bridgehead atoms. The van der Waals surface area contributed by atoms with Crippen LogP contribution in [0.4, 0.5) is 4.39 Å². The minimum atomic E-state index is -4.24. The largest absolute Gasteiger partial charge is 0.339 e. The van der Waals surface area contributed by atoms with Gasteiger partial charge in [-0.25, -0.2) is 21.2 Å². The fourth-order valence-corrected chi connectivity index (χ4v) is 6.01. The lowest BCUT2D eigenvalue weighted by molar-refractivity contribution is -0.133. The van der Waals surface area contributed by atoms with Gasteiger partial charge in [-0.15, -0.1) is 0 Å². The molecule has 0 radical (unpaired) electrons. The SMILES string of the molecule is C[C@H](NS(=O)(=O)c1ccccc1F)C(=O)N1CCN(S(=O)(=O)c2ccc(Cl)cc2)CC1. The summed E-state index contributed by atoms with van der Waals surface area (Å²) in [5, 5.41) is 0.418. The highest BCUT2D eigenvalue weighted by atomic mass is 35.5. The maximum atomic E-state index is 13.8. The fourth-order valence-electron chi connectivity index (χ4n) is 3.19. The summed E-state index contributed by atoms with van der Waals surface area (Å²) >= 11 is 5.80. The van der Waals surface area contributed by atoms with E-state index in [0.717, 1.165) is 12.1 Å². The molecule has 168 valence electrons. The number of piperazine rings is 1. The molecule has 1 atom stereocenters. The molecule has 0 spiro atoms. The zero-order valence-electron chi connectivity index (χ0n) is 16.5. The van der Waals surface area contributed by atoms with Crippen LogP contribution in [0.2, 0.25) is 5.02 Å². The molecule has 0 aromatic heterocycles. The second-order valence-corrected chi connectivity index (χ2v) is 11.0. The molecule has 12 heteroatoms. The van der Waals surface area contributed by atoms with Gasteiger partial charge >= 0.3 is 0 Å². The highest BCUT2D eigenvalue weighted by molar-refractivity contribution is 7.89. The van der Waals surface area contributed by atoms with Crippen molar-refractivity contribution in [2.45, 2.75) is 22.8 Å². The summed E-state index contributed by atoms with van der Waals surface area (Å²) in [6.45, 7) is 1.67. The molecule has 1 aliphatic rings. The lowest BCUT2D eigenvalue weighted by Gasteiger charge is -2.35. The van der Waals surface area contributed by atoms with Crippen LogP contribution in [0, 0.1) is 5.82 Å². The lowest BCUT2D eigenvalue weighted by Crippen LogP contribution is -2.55. The van der Waals surface area contributed by atoms with Gasteiger partial charge in [-0.05, 0) is 43.3 Å². The number of amides is 1. The van der Waals surface area contributed by atoms with Gasteiger partial charge in [0.05, 0.1) is 10.9 Å². The van der Waals surface area contributed by atoms with Gasteiger partial charge in [0.1, 0.15) is 10.7 Å². The van der Waals surface area contributed by atoms with Crippen LogP contribution in [0.5, 0.6) is 0 Å². The normalized spacial score (nSPS) is 16.8. The van der Waals surface area contributed by atoms with Gasteiger partial charge in [-0.3, -0.25) is 4.79 Å². The predicted octanol–water partition coefficient (Wildman–Crippen LogP) is 1.68. The van der Waals surface area contributed by atoms with Crippen LogP contribution in [0.15, 0.2) is 58.3 Å². The molecule has 1 N–H and O–H groups in total. The second-order valence-electron chi connectivity index (χ2n) is 6.96. The Hall–Kier alpha value is -2.05. The first-order chi connectivity index (χ1) is 14.5. The summed E-state index contributed by atoms with van der Waals surface area (Å²) in [6.07, 6.45) is 0. The maximum absolute atomic E-state index is 13.8. The molecule has 8 nitrogen and oxygen atoms in total. The Morgan fingerprint density at radius 1 is 1.00 bits per heavy atom. The van der Waals surface area contributed by atoms with Gasteiger partial charge < -0.3 is 4.90 Å². The van der Waals surface area contributed by atoms with Crippen LogP contribution in [0.1, 0.15) is 6.92 Å². The Kier molecular flexibility index (Phi) is 7.01. The smallest absolute Gasteiger partial charge is 0.244 e. The highest BCUT2D eigenvalue weighted by Gasteiger charge is 2.33. The molecule has 1 amide bonds. The molecule has 3 rings (SSSR count). The van der Waals surface area contributed by atoms with E-state index in [4.69, 9.17) is 11.6 Å². The third-order valence-corrected chi connectivity index (χ3v) is 8.57. The Balaban J connectivity index is 1.63. The quantitative estimate of drug-likeness (QED) is 0.665. The Labute approximate surface area is 185 Å². The van der Waals surface area contributed by atoms with Crippen LogP contribution >= 0.6 is 11.6 Å². The number of carbonyl (C=O) groups excluding carboxylic acids is 1. The monoisotopic (exact) mass is 489 g/mol. The summed E-state index contributed by atoms with van der Waals surface area (Å²) < 4.78 is 67.5. The molecule has 0 unspecified atom stereocenters. The molecule has 0 saturated carbocycles. The van der Waals surface area contributed by atoms with Gasteiger partial charge in [0.2, 0.25) is 26.0 Å². The van der Waals surface area contributed by atoms with E-state index in [1.54, 1.807) is 0 Å². The van der Waals surface area contributed by atoms with Crippen molar-refractivity contribution in [1.29, 1.82) is 0 Å². The summed E-state index contributed by atoms with van der Waals surface area (Å²) in [5.41, 5.74) is 0. The van der Waals surface area contributed by atoms with Crippen LogP contribution < -0.4 is 4.72 Å². The number of rotatable bonds is 6. The topological polar surface area (TPSA) is 104 Å². The van der Waals surface area contributed by atoms with Crippen molar-refractivity contribution < 1.29 is 26.0 Å². The van der Waals surface area contributed by atoms with Crippen molar-refractivity contribution in [3.63, 3.8) is 0 Å². The number of nitrogens with zero attached hydrogens (tertiary/aromatic N) is 2. The van der Waals surface area contributed by atoms with E-state index in [2.05, 4.69) is 4.72 Å². The van der Waals surface area contributed by atoms with Crippen LogP contribution in [0.25, 0.3) is 0 Å². The maximum Gasteiger partial charge on any atom is 0.244 e. The van der Waals surface area contributed by atoms with E-state index in [1.807, 2.05) is 0 Å². The van der Waals surface area contributed by atoms with E-state index in [9.17, 15) is 26.0 Å². The van der Waals surface area contributed by atoms with Gasteiger partial charge in [-0.1, -0.05) is 23.7 Å². The molecule has 31 heavy (non-hydrogen) atoms. The molecule has 1 heterocycles. The molecular formula is C19H21ClFN3O5S2. The van der Waals surface area contributed by atoms with E-state index in [-0.39, 0.29) is 31.1 Å². The number of carbonyl (C=O) groups is 1. The van der Waals surface area contributed by atoms with Gasteiger partial charge in [0.15, 0.2) is 0 Å². The van der Waals surface area contributed by atoms with Gasteiger partial charge in [0.25, 0.3) is 0 Å². The predicted molar refractivity (Wildman–Crippen MR) is 113 cm³/mol. The summed E-state index contributed by atoms with van der Waals surface area (Å²) in [7, 11) is -7.97. The van der Waals surface area contributed by atoms with Crippen molar-refractivity contribution in [1.82, 2.24) is 13.9 Å². The third-order valence-electron chi connectivity index (χ3n) is 4.83. The zero-order valence-corrected chi connectivity index (χ0v) is 18.9. The van der Waals surface area contributed by atoms with E-state index < -0.39 is 42.7 Å². The number of nitrogens with one attached hydrogen (secondary N) is 1. The molecule has 2 aromatic rings. The molecule has 1 fully saturated rings. The van der Waals surface area contributed by atoms with E-state index in [0.29, 0.717) is 5.02 Å². The minimum Gasteiger partial charge on any atom is -0.339 e. The molecule has 2 aromatic carbocycles. The Morgan fingerprint density at radius 3 is 2.16 bits per heavy atom. The Bertz CT molecular complexity index is 1170. The Morgan fingerprint density at radius 2 is 1.58 bits per heavy atom. The highest BCUT2D eigenvalue weighted by Crippen LogP contribution is 2.20.